The molecule has 304 valence electrons. The fourth-order valence-corrected chi connectivity index (χ4v) is 6.38. The highest BCUT2D eigenvalue weighted by atomic mass is 31.2. The van der Waals surface area contributed by atoms with Crippen LogP contribution in [-0.4, -0.2) is 74.7 Å². The zero-order chi connectivity index (χ0) is 39.2. The molecule has 0 spiro atoms. The van der Waals surface area contributed by atoms with E-state index in [4.69, 9.17) is 19.3 Å². The second kappa shape index (κ2) is 30.9. The first-order valence-corrected chi connectivity index (χ1v) is 21.4. The number of carbonyl (C=O) groups is 2. The number of phosphoric ester groups is 1. The highest BCUT2D eigenvalue weighted by molar-refractivity contribution is 7.46. The van der Waals surface area contributed by atoms with Crippen LogP contribution in [0.1, 0.15) is 136 Å². The average molecular weight is 769 g/mol. The fraction of sp³-hybridized carbons (Fsp3) is 0.707. The molecule has 1 aliphatic rings. The van der Waals surface area contributed by atoms with Gasteiger partial charge < -0.3 is 34.6 Å². The number of unbranched alkanes of at least 4 members (excludes halogenated alkanes) is 8. The molecular formula is C41H69O11P. The van der Waals surface area contributed by atoms with Gasteiger partial charge in [0.25, 0.3) is 0 Å². The summed E-state index contributed by atoms with van der Waals surface area (Å²) in [5, 5.41) is 31.1. The molecular weight excluding hydrogens is 699 g/mol. The van der Waals surface area contributed by atoms with Gasteiger partial charge in [-0.1, -0.05) is 107 Å². The van der Waals surface area contributed by atoms with Crippen molar-refractivity contribution in [1.29, 1.82) is 0 Å². The maximum Gasteiger partial charge on any atom is 0.469 e. The Balaban J connectivity index is 2.36. The first-order chi connectivity index (χ1) is 25.5. The summed E-state index contributed by atoms with van der Waals surface area (Å²) in [6.07, 6.45) is 31.9. The summed E-state index contributed by atoms with van der Waals surface area (Å²) in [4.78, 5) is 42.9. The van der Waals surface area contributed by atoms with E-state index in [0.717, 1.165) is 51.4 Å². The summed E-state index contributed by atoms with van der Waals surface area (Å²) >= 11 is 0. The molecule has 11 nitrogen and oxygen atoms in total. The quantitative estimate of drug-likeness (QED) is 0.0199. The summed E-state index contributed by atoms with van der Waals surface area (Å²) in [6, 6.07) is 0. The number of aliphatic hydroxyl groups excluding tert-OH is 3. The van der Waals surface area contributed by atoms with E-state index in [9.17, 15) is 29.5 Å². The van der Waals surface area contributed by atoms with Crippen LogP contribution in [0.4, 0.5) is 0 Å². The molecule has 53 heavy (non-hydrogen) atoms. The lowest BCUT2D eigenvalue weighted by Crippen LogP contribution is -2.29. The van der Waals surface area contributed by atoms with Crippen LogP contribution < -0.4 is 0 Å². The van der Waals surface area contributed by atoms with Crippen LogP contribution in [0.2, 0.25) is 0 Å². The van der Waals surface area contributed by atoms with Crippen molar-refractivity contribution in [3.8, 4) is 0 Å². The van der Waals surface area contributed by atoms with E-state index in [2.05, 4.69) is 54.8 Å². The van der Waals surface area contributed by atoms with Crippen molar-refractivity contribution < 1.29 is 53.3 Å². The molecule has 0 radical (unpaired) electrons. The van der Waals surface area contributed by atoms with Gasteiger partial charge in [-0.3, -0.25) is 14.1 Å². The summed E-state index contributed by atoms with van der Waals surface area (Å²) in [5.74, 6) is -1.54. The van der Waals surface area contributed by atoms with E-state index in [1.54, 1.807) is 6.08 Å². The third kappa shape index (κ3) is 27.0. The maximum atomic E-state index is 12.4. The van der Waals surface area contributed by atoms with Crippen molar-refractivity contribution in [3.05, 3.63) is 60.8 Å². The number of esters is 2. The maximum absolute atomic E-state index is 12.4. The van der Waals surface area contributed by atoms with Gasteiger partial charge >= 0.3 is 19.8 Å². The van der Waals surface area contributed by atoms with Gasteiger partial charge in [0.1, 0.15) is 6.61 Å². The Morgan fingerprint density at radius 2 is 1.32 bits per heavy atom. The summed E-state index contributed by atoms with van der Waals surface area (Å²) < 4.78 is 26.3. The Morgan fingerprint density at radius 1 is 0.736 bits per heavy atom. The minimum Gasteiger partial charge on any atom is -0.462 e. The largest absolute Gasteiger partial charge is 0.469 e. The van der Waals surface area contributed by atoms with E-state index in [1.807, 2.05) is 18.2 Å². The van der Waals surface area contributed by atoms with Gasteiger partial charge in [0.2, 0.25) is 0 Å². The molecule has 1 fully saturated rings. The Morgan fingerprint density at radius 3 is 1.98 bits per heavy atom. The van der Waals surface area contributed by atoms with Gasteiger partial charge in [-0.2, -0.15) is 0 Å². The highest BCUT2D eigenvalue weighted by Gasteiger charge is 2.39. The van der Waals surface area contributed by atoms with Crippen molar-refractivity contribution in [1.82, 2.24) is 0 Å². The predicted molar refractivity (Wildman–Crippen MR) is 209 cm³/mol. The molecule has 0 saturated heterocycles. The van der Waals surface area contributed by atoms with Crippen LogP contribution in [0.25, 0.3) is 0 Å². The van der Waals surface area contributed by atoms with Crippen molar-refractivity contribution in [2.75, 3.05) is 13.2 Å². The lowest BCUT2D eigenvalue weighted by molar-refractivity contribution is -0.161. The molecule has 1 aliphatic carbocycles. The van der Waals surface area contributed by atoms with Crippen LogP contribution in [-0.2, 0) is 28.2 Å². The number of aliphatic hydroxyl groups is 3. The van der Waals surface area contributed by atoms with Crippen LogP contribution >= 0.6 is 7.82 Å². The first kappa shape index (κ1) is 48.6. The second-order valence-electron chi connectivity index (χ2n) is 13.9. The molecule has 0 amide bonds. The normalized spacial score (nSPS) is 20.8. The lowest BCUT2D eigenvalue weighted by atomic mass is 9.89. The molecule has 0 bridgehead atoms. The highest BCUT2D eigenvalue weighted by Crippen LogP contribution is 2.37. The van der Waals surface area contributed by atoms with Crippen molar-refractivity contribution >= 4 is 19.8 Å². The summed E-state index contributed by atoms with van der Waals surface area (Å²) in [5.41, 5.74) is 0. The molecule has 1 rings (SSSR count). The van der Waals surface area contributed by atoms with Gasteiger partial charge in [-0.05, 0) is 76.5 Å². The van der Waals surface area contributed by atoms with Crippen molar-refractivity contribution in [2.24, 2.45) is 11.8 Å². The number of carbonyl (C=O) groups excluding carboxylic acids is 2. The average Bonchev–Trinajstić information content (AvgIpc) is 3.38. The predicted octanol–water partition coefficient (Wildman–Crippen LogP) is 8.11. The van der Waals surface area contributed by atoms with Crippen LogP contribution in [0.5, 0.6) is 0 Å². The Bertz CT molecular complexity index is 1160. The number of rotatable bonds is 31. The SMILES string of the molecule is CCCCC/C=C\C/C=C\C/C=C\CCCCC(=O)O[C@H](COC(=O)CCC/C=C/C[C@@H]1[C@@H](/C=C/[C@@H](O)CCCCC)[C@H](O)C[C@@H]1O)COP(=O)(O)O. The first-order valence-electron chi connectivity index (χ1n) is 19.8. The molecule has 12 heteroatoms. The minimum absolute atomic E-state index is 0.0793. The third-order valence-electron chi connectivity index (χ3n) is 9.08. The Hall–Kier alpha value is -2.37. The van der Waals surface area contributed by atoms with Gasteiger partial charge in [0.05, 0.1) is 24.9 Å². The lowest BCUT2D eigenvalue weighted by Gasteiger charge is -2.19. The van der Waals surface area contributed by atoms with Gasteiger partial charge in [0, 0.05) is 25.2 Å². The van der Waals surface area contributed by atoms with Gasteiger partial charge in [0.15, 0.2) is 6.10 Å². The number of allylic oxidation sites excluding steroid dienone is 8. The van der Waals surface area contributed by atoms with Crippen molar-refractivity contribution in [3.63, 3.8) is 0 Å². The molecule has 5 N–H and O–H groups in total. The van der Waals surface area contributed by atoms with E-state index < -0.39 is 57.4 Å². The van der Waals surface area contributed by atoms with Crippen LogP contribution in [0, 0.1) is 11.8 Å². The Kier molecular flexibility index (Phi) is 28.4. The number of phosphoric acid groups is 1. The summed E-state index contributed by atoms with van der Waals surface area (Å²) in [6.45, 7) is 3.30. The second-order valence-corrected chi connectivity index (χ2v) is 15.1. The molecule has 6 atom stereocenters. The zero-order valence-corrected chi connectivity index (χ0v) is 33.1. The van der Waals surface area contributed by atoms with Crippen molar-refractivity contribution in [2.45, 2.75) is 160 Å². The number of hydrogen-bond acceptors (Lipinski definition) is 9. The van der Waals surface area contributed by atoms with Gasteiger partial charge in [-0.15, -0.1) is 0 Å². The number of hydrogen-bond donors (Lipinski definition) is 5. The molecule has 0 aromatic carbocycles. The van der Waals surface area contributed by atoms with E-state index in [0.29, 0.717) is 32.1 Å². The third-order valence-corrected chi connectivity index (χ3v) is 9.56. The smallest absolute Gasteiger partial charge is 0.462 e. The van der Waals surface area contributed by atoms with E-state index in [-0.39, 0.29) is 31.1 Å². The fourth-order valence-electron chi connectivity index (χ4n) is 6.02. The van der Waals surface area contributed by atoms with Crippen LogP contribution in [0.3, 0.4) is 0 Å². The molecule has 0 heterocycles. The molecule has 0 unspecified atom stereocenters. The molecule has 1 saturated carbocycles. The summed E-state index contributed by atoms with van der Waals surface area (Å²) in [7, 11) is -4.83. The molecule has 0 aromatic heterocycles. The minimum atomic E-state index is -4.83. The standard InChI is InChI=1S/C41H69O11P/c1-3-5-7-8-9-10-11-12-13-14-15-16-17-18-24-28-41(46)52-35(33-51-53(47,48)49)32-50-40(45)27-23-20-19-22-26-36-37(39(44)31-38(36)43)30-29-34(42)25-21-6-4-2/h9-10,12-13,15-16,19,22,29-30,34-39,42-44H,3-8,11,14,17-18,20-21,23-28,31-33H2,1-2H3,(H2,47,48,49)/b10-9-,13-12-,16-15-,22-19+,30-29+/t34-,35+,36+,37+,38-,39+/m0/s1. The Labute approximate surface area is 318 Å². The molecule has 0 aliphatic heterocycles. The van der Waals surface area contributed by atoms with Gasteiger partial charge in [-0.25, -0.2) is 4.57 Å². The van der Waals surface area contributed by atoms with E-state index >= 15 is 0 Å². The van der Waals surface area contributed by atoms with Crippen LogP contribution in [0.15, 0.2) is 60.8 Å². The monoisotopic (exact) mass is 768 g/mol. The molecule has 0 aromatic rings. The number of ether oxygens (including phenoxy) is 2. The topological polar surface area (TPSA) is 180 Å². The van der Waals surface area contributed by atoms with E-state index in [1.165, 1.54) is 19.3 Å². The zero-order valence-electron chi connectivity index (χ0n) is 32.2.